The van der Waals surface area contributed by atoms with E-state index in [2.05, 4.69) is 4.18 Å². The highest BCUT2D eigenvalue weighted by Gasteiger charge is 2.41. The minimum Gasteiger partial charge on any atom is -0.505 e. The first kappa shape index (κ1) is 25.0. The zero-order chi connectivity index (χ0) is 23.5. The third-order valence-electron chi connectivity index (χ3n) is 4.82. The Morgan fingerprint density at radius 2 is 1.90 bits per heavy atom. The van der Waals surface area contributed by atoms with Crippen LogP contribution in [0, 0.1) is 11.8 Å². The van der Waals surface area contributed by atoms with Crippen molar-refractivity contribution in [2.45, 2.75) is 31.7 Å². The van der Waals surface area contributed by atoms with Crippen LogP contribution in [-0.4, -0.2) is 40.6 Å². The van der Waals surface area contributed by atoms with Crippen molar-refractivity contribution in [1.29, 1.82) is 0 Å². The summed E-state index contributed by atoms with van der Waals surface area (Å²) in [6, 6.07) is 0.845. The summed E-state index contributed by atoms with van der Waals surface area (Å²) in [5.41, 5.74) is -5.56. The molecule has 0 saturated heterocycles. The molecule has 0 radical (unpaired) electrons. The van der Waals surface area contributed by atoms with E-state index in [1.165, 1.54) is 13.2 Å². The molecule has 1 aromatic rings. The molecule has 1 aromatic carbocycles. The monoisotopic (exact) mass is 484 g/mol. The van der Waals surface area contributed by atoms with Gasteiger partial charge in [-0.15, -0.1) is 0 Å². The topological polar surface area (TPSA) is 99.1 Å². The summed E-state index contributed by atoms with van der Waals surface area (Å²) >= 11 is 2.15. The van der Waals surface area contributed by atoms with Gasteiger partial charge in [0.25, 0.3) is 0 Å². The summed E-state index contributed by atoms with van der Waals surface area (Å²) in [7, 11) is 2.53. The summed E-state index contributed by atoms with van der Waals surface area (Å²) in [5.74, 6) is -3.55. The maximum absolute atomic E-state index is 13.3. The highest BCUT2D eigenvalue weighted by Crippen LogP contribution is 2.45. The van der Waals surface area contributed by atoms with Gasteiger partial charge in [-0.2, -0.15) is 13.2 Å². The molecular formula is C19H20ClF3O7S. The molecule has 12 heteroatoms. The average molecular weight is 485 g/mol. The smallest absolute Gasteiger partial charge is 0.505 e. The zero-order valence-corrected chi connectivity index (χ0v) is 18.3. The van der Waals surface area contributed by atoms with Gasteiger partial charge in [0.15, 0.2) is 23.1 Å². The number of hydrogen-bond donors (Lipinski definition) is 1. The number of phenolic OH excluding ortho intramolecular Hbond substituents is 1. The van der Waals surface area contributed by atoms with Gasteiger partial charge in [-0.25, -0.2) is 4.21 Å². The molecule has 1 aliphatic carbocycles. The van der Waals surface area contributed by atoms with Crippen molar-refractivity contribution in [2.75, 3.05) is 14.2 Å². The van der Waals surface area contributed by atoms with Gasteiger partial charge in [-0.3, -0.25) is 9.59 Å². The SMILES string of the molecule is CO/C1=C/C(=O)C[C@@H](C)C(C(=O)c2c(OC)cc(OS(=O)C(F)(F)F)c(Cl)c2O)CC1. The number of allylic oxidation sites excluding steroid dienone is 2. The first-order valence-corrected chi connectivity index (χ1v) is 10.4. The molecule has 1 N–H and O–H groups in total. The van der Waals surface area contributed by atoms with Crippen molar-refractivity contribution >= 4 is 34.2 Å². The van der Waals surface area contributed by atoms with E-state index in [9.17, 15) is 32.1 Å². The summed E-state index contributed by atoms with van der Waals surface area (Å²) in [4.78, 5) is 25.4. The Balaban J connectivity index is 2.46. The normalized spacial score (nSPS) is 22.5. The fourth-order valence-corrected chi connectivity index (χ4v) is 3.90. The van der Waals surface area contributed by atoms with Crippen LogP contribution in [0.5, 0.6) is 17.2 Å². The summed E-state index contributed by atoms with van der Waals surface area (Å²) < 4.78 is 63.4. The molecule has 2 rings (SSSR count). The van der Waals surface area contributed by atoms with Crippen molar-refractivity contribution in [1.82, 2.24) is 0 Å². The van der Waals surface area contributed by atoms with Crippen LogP contribution in [0.1, 0.15) is 36.5 Å². The molecule has 0 bridgehead atoms. The molecule has 7 nitrogen and oxygen atoms in total. The third kappa shape index (κ3) is 5.70. The van der Waals surface area contributed by atoms with Gasteiger partial charge in [0.05, 0.1) is 20.0 Å². The van der Waals surface area contributed by atoms with Crippen LogP contribution >= 0.6 is 11.6 Å². The van der Waals surface area contributed by atoms with E-state index in [4.69, 9.17) is 21.1 Å². The van der Waals surface area contributed by atoms with Crippen molar-refractivity contribution in [3.63, 3.8) is 0 Å². The fourth-order valence-electron chi connectivity index (χ4n) is 3.27. The molecular weight excluding hydrogens is 465 g/mol. The van der Waals surface area contributed by atoms with E-state index in [-0.39, 0.29) is 36.4 Å². The largest absolute Gasteiger partial charge is 0.508 e. The Labute approximate surface area is 183 Å². The van der Waals surface area contributed by atoms with Crippen LogP contribution in [0.15, 0.2) is 17.9 Å². The first-order valence-electron chi connectivity index (χ1n) is 8.98. The molecule has 0 fully saturated rings. The van der Waals surface area contributed by atoms with Crippen LogP contribution in [0.4, 0.5) is 13.2 Å². The second-order valence-electron chi connectivity index (χ2n) is 6.85. The average Bonchev–Trinajstić information content (AvgIpc) is 2.67. The van der Waals surface area contributed by atoms with Crippen LogP contribution in [0.3, 0.4) is 0 Å². The Hall–Kier alpha value is -2.27. The van der Waals surface area contributed by atoms with Gasteiger partial charge in [0, 0.05) is 30.9 Å². The number of methoxy groups -OCH3 is 2. The Morgan fingerprint density at radius 1 is 1.26 bits per heavy atom. The van der Waals surface area contributed by atoms with E-state index < -0.39 is 50.7 Å². The van der Waals surface area contributed by atoms with Gasteiger partial charge in [0.2, 0.25) is 0 Å². The molecule has 0 saturated carbocycles. The number of halogens is 4. The molecule has 2 unspecified atom stereocenters. The minimum absolute atomic E-state index is 0.0475. The number of ketones is 2. The fraction of sp³-hybridized carbons (Fsp3) is 0.474. The number of alkyl halides is 3. The van der Waals surface area contributed by atoms with E-state index in [1.54, 1.807) is 6.92 Å². The quantitative estimate of drug-likeness (QED) is 0.600. The van der Waals surface area contributed by atoms with Crippen LogP contribution < -0.4 is 8.92 Å². The van der Waals surface area contributed by atoms with Crippen LogP contribution in [0.25, 0.3) is 0 Å². The molecule has 0 amide bonds. The van der Waals surface area contributed by atoms with Gasteiger partial charge < -0.3 is 18.8 Å². The van der Waals surface area contributed by atoms with Crippen molar-refractivity contribution < 1.29 is 45.7 Å². The number of phenols is 1. The van der Waals surface area contributed by atoms with Crippen LogP contribution in [-0.2, 0) is 20.6 Å². The second kappa shape index (κ2) is 9.90. The number of hydrogen-bond acceptors (Lipinski definition) is 7. The number of ether oxygens (including phenoxy) is 2. The Morgan fingerprint density at radius 3 is 2.45 bits per heavy atom. The van der Waals surface area contributed by atoms with E-state index >= 15 is 0 Å². The van der Waals surface area contributed by atoms with Crippen molar-refractivity contribution in [3.05, 3.63) is 28.5 Å². The lowest BCUT2D eigenvalue weighted by Gasteiger charge is -2.26. The maximum atomic E-state index is 13.3. The van der Waals surface area contributed by atoms with E-state index in [0.717, 1.165) is 13.2 Å². The number of Topliss-reactive ketones (excluding diaryl/α,β-unsaturated/α-hetero) is 1. The van der Waals surface area contributed by atoms with Crippen molar-refractivity contribution in [3.8, 4) is 17.2 Å². The zero-order valence-electron chi connectivity index (χ0n) is 16.7. The molecule has 0 heterocycles. The Bertz CT molecular complexity index is 930. The Kier molecular flexibility index (Phi) is 7.98. The molecule has 0 spiro atoms. The minimum atomic E-state index is -5.19. The first-order chi connectivity index (χ1) is 14.4. The highest BCUT2D eigenvalue weighted by molar-refractivity contribution is 7.81. The predicted molar refractivity (Wildman–Crippen MR) is 105 cm³/mol. The molecule has 0 aromatic heterocycles. The number of aromatic hydroxyl groups is 1. The van der Waals surface area contributed by atoms with Crippen molar-refractivity contribution in [2.24, 2.45) is 11.8 Å². The highest BCUT2D eigenvalue weighted by atomic mass is 35.5. The van der Waals surface area contributed by atoms with E-state index in [1.807, 2.05) is 0 Å². The van der Waals surface area contributed by atoms with Gasteiger partial charge in [0.1, 0.15) is 16.3 Å². The molecule has 0 aliphatic heterocycles. The maximum Gasteiger partial charge on any atom is 0.508 e. The lowest BCUT2D eigenvalue weighted by atomic mass is 9.79. The van der Waals surface area contributed by atoms with Gasteiger partial charge in [-0.1, -0.05) is 18.5 Å². The number of rotatable bonds is 6. The number of benzene rings is 1. The summed E-state index contributed by atoms with van der Waals surface area (Å²) in [5, 5.41) is 9.75. The summed E-state index contributed by atoms with van der Waals surface area (Å²) in [6.07, 6.45) is 1.99. The van der Waals surface area contributed by atoms with E-state index in [0.29, 0.717) is 5.76 Å². The molecule has 172 valence electrons. The molecule has 3 atom stereocenters. The molecule has 1 aliphatic rings. The molecule has 31 heavy (non-hydrogen) atoms. The van der Waals surface area contributed by atoms with Gasteiger partial charge >= 0.3 is 16.6 Å². The standard InChI is InChI=1S/C19H20ClF3O7S/c1-9-6-10(24)7-11(28-2)4-5-12(9)17(25)15-13(29-3)8-14(16(20)18(15)26)30-31(27)19(21,22)23/h7-9,12,26H,4-6H2,1-3H3/b11-7+/t9-,12?,31?/m1/s1. The third-order valence-corrected chi connectivity index (χ3v) is 5.90. The lowest BCUT2D eigenvalue weighted by Crippen LogP contribution is -2.26. The lowest BCUT2D eigenvalue weighted by molar-refractivity contribution is -0.115. The predicted octanol–water partition coefficient (Wildman–Crippen LogP) is 4.33. The second-order valence-corrected chi connectivity index (χ2v) is 8.33. The number of carbonyl (C=O) groups excluding carboxylic acids is 2. The van der Waals surface area contributed by atoms with Gasteiger partial charge in [-0.05, 0) is 12.3 Å². The summed E-state index contributed by atoms with van der Waals surface area (Å²) in [6.45, 7) is 1.70. The van der Waals surface area contributed by atoms with Crippen LogP contribution in [0.2, 0.25) is 5.02 Å². The number of carbonyl (C=O) groups is 2.